The van der Waals surface area contributed by atoms with E-state index in [9.17, 15) is 4.39 Å². The lowest BCUT2D eigenvalue weighted by molar-refractivity contribution is 0.296. The minimum Gasteiger partial charge on any atom is -0.488 e. The van der Waals surface area contributed by atoms with Crippen LogP contribution >= 0.6 is 12.4 Å². The van der Waals surface area contributed by atoms with Crippen molar-refractivity contribution in [1.29, 1.82) is 0 Å². The fraction of sp³-hybridized carbons (Fsp3) is 0.125. The zero-order valence-electron chi connectivity index (χ0n) is 15.8. The van der Waals surface area contributed by atoms with Crippen molar-refractivity contribution in [2.75, 3.05) is 0 Å². The van der Waals surface area contributed by atoms with Crippen LogP contribution in [0.4, 0.5) is 4.39 Å². The van der Waals surface area contributed by atoms with Crippen LogP contribution in [0, 0.1) is 5.82 Å². The summed E-state index contributed by atoms with van der Waals surface area (Å²) in [5.41, 5.74) is 2.79. The highest BCUT2D eigenvalue weighted by atomic mass is 35.5. The summed E-state index contributed by atoms with van der Waals surface area (Å²) >= 11 is 0. The van der Waals surface area contributed by atoms with Crippen LogP contribution in [0.5, 0.6) is 5.75 Å². The number of aromatic nitrogens is 1. The molecule has 148 valence electrons. The Morgan fingerprint density at radius 2 is 1.59 bits per heavy atom. The third-order valence-corrected chi connectivity index (χ3v) is 4.72. The third-order valence-electron chi connectivity index (χ3n) is 4.72. The maximum Gasteiger partial charge on any atom is 0.129 e. The lowest BCUT2D eigenvalue weighted by Gasteiger charge is -2.15. The summed E-state index contributed by atoms with van der Waals surface area (Å²) in [5, 5.41) is 5.77. The van der Waals surface area contributed by atoms with Crippen molar-refractivity contribution >= 4 is 23.2 Å². The van der Waals surface area contributed by atoms with Gasteiger partial charge in [0.05, 0.1) is 0 Å². The van der Waals surface area contributed by atoms with Crippen LogP contribution in [0.25, 0.3) is 10.8 Å². The molecule has 0 radical (unpaired) electrons. The highest BCUT2D eigenvalue weighted by Crippen LogP contribution is 2.29. The molecule has 0 spiro atoms. The fourth-order valence-electron chi connectivity index (χ4n) is 3.24. The van der Waals surface area contributed by atoms with Crippen LogP contribution in [0.3, 0.4) is 0 Å². The first-order valence-corrected chi connectivity index (χ1v) is 9.28. The Labute approximate surface area is 176 Å². The summed E-state index contributed by atoms with van der Waals surface area (Å²) in [6, 6.07) is 22.9. The van der Waals surface area contributed by atoms with Gasteiger partial charge in [-0.2, -0.15) is 0 Å². The van der Waals surface area contributed by atoms with E-state index in [0.717, 1.165) is 28.6 Å². The molecule has 4 rings (SSSR count). The van der Waals surface area contributed by atoms with Gasteiger partial charge in [0.15, 0.2) is 0 Å². The van der Waals surface area contributed by atoms with Gasteiger partial charge < -0.3 is 10.1 Å². The summed E-state index contributed by atoms with van der Waals surface area (Å²) in [7, 11) is 0. The van der Waals surface area contributed by atoms with Crippen molar-refractivity contribution in [1.82, 2.24) is 10.3 Å². The fourth-order valence-corrected chi connectivity index (χ4v) is 3.24. The van der Waals surface area contributed by atoms with E-state index in [1.807, 2.05) is 42.5 Å². The van der Waals surface area contributed by atoms with E-state index in [-0.39, 0.29) is 24.8 Å². The molecule has 1 heterocycles. The van der Waals surface area contributed by atoms with Crippen molar-refractivity contribution in [3.63, 3.8) is 0 Å². The van der Waals surface area contributed by atoms with Crippen LogP contribution in [-0.4, -0.2) is 4.98 Å². The lowest BCUT2D eigenvalue weighted by atomic mass is 10.0. The molecule has 0 fully saturated rings. The molecule has 0 unspecified atom stereocenters. The number of ether oxygens (including phenoxy) is 1. The second-order valence-corrected chi connectivity index (χ2v) is 6.60. The van der Waals surface area contributed by atoms with Crippen LogP contribution in [0.2, 0.25) is 0 Å². The summed E-state index contributed by atoms with van der Waals surface area (Å²) in [4.78, 5) is 4.05. The van der Waals surface area contributed by atoms with Gasteiger partial charge in [0, 0.05) is 36.6 Å². The van der Waals surface area contributed by atoms with E-state index in [1.165, 1.54) is 11.6 Å². The third kappa shape index (κ3) is 5.11. The number of nitrogens with one attached hydrogen (secondary N) is 1. The van der Waals surface area contributed by atoms with E-state index in [1.54, 1.807) is 24.5 Å². The zero-order chi connectivity index (χ0) is 19.2. The molecule has 3 aromatic carbocycles. The molecule has 5 heteroatoms. The van der Waals surface area contributed by atoms with Crippen molar-refractivity contribution in [2.24, 2.45) is 0 Å². The maximum atomic E-state index is 13.9. The van der Waals surface area contributed by atoms with Gasteiger partial charge in [-0.1, -0.05) is 48.5 Å². The molecule has 0 aliphatic rings. The Kier molecular flexibility index (Phi) is 7.17. The molecule has 0 bridgehead atoms. The second-order valence-electron chi connectivity index (χ2n) is 6.60. The number of fused-ring (bicyclic) bond motifs is 1. The van der Waals surface area contributed by atoms with Crippen molar-refractivity contribution < 1.29 is 9.13 Å². The molecule has 0 saturated carbocycles. The maximum absolute atomic E-state index is 13.9. The molecule has 0 saturated heterocycles. The molecule has 0 amide bonds. The van der Waals surface area contributed by atoms with Crippen molar-refractivity contribution in [3.05, 3.63) is 108 Å². The monoisotopic (exact) mass is 408 g/mol. The largest absolute Gasteiger partial charge is 0.488 e. The van der Waals surface area contributed by atoms with Crippen molar-refractivity contribution in [2.45, 2.75) is 19.7 Å². The highest BCUT2D eigenvalue weighted by molar-refractivity contribution is 5.87. The number of benzene rings is 3. The Balaban J connectivity index is 0.00000240. The van der Waals surface area contributed by atoms with Crippen LogP contribution in [0.15, 0.2) is 85.2 Å². The molecule has 1 N–H and O–H groups in total. The first kappa shape index (κ1) is 20.8. The number of hydrogen-bond acceptors (Lipinski definition) is 3. The Morgan fingerprint density at radius 3 is 2.41 bits per heavy atom. The van der Waals surface area contributed by atoms with E-state index in [2.05, 4.69) is 22.4 Å². The minimum atomic E-state index is -0.249. The summed E-state index contributed by atoms with van der Waals surface area (Å²) in [6.07, 6.45) is 3.58. The van der Waals surface area contributed by atoms with Gasteiger partial charge in [-0.05, 0) is 40.6 Å². The summed E-state index contributed by atoms with van der Waals surface area (Å²) in [5.74, 6) is 0.518. The summed E-state index contributed by atoms with van der Waals surface area (Å²) < 4.78 is 20.0. The quantitative estimate of drug-likeness (QED) is 0.428. The highest BCUT2D eigenvalue weighted by Gasteiger charge is 2.10. The molecule has 0 aliphatic carbocycles. The predicted molar refractivity (Wildman–Crippen MR) is 117 cm³/mol. The van der Waals surface area contributed by atoms with Gasteiger partial charge in [0.1, 0.15) is 18.2 Å². The first-order chi connectivity index (χ1) is 13.8. The normalized spacial score (nSPS) is 10.5. The smallest absolute Gasteiger partial charge is 0.129 e. The number of halogens is 2. The van der Waals surface area contributed by atoms with Gasteiger partial charge in [-0.3, -0.25) is 4.98 Å². The van der Waals surface area contributed by atoms with Crippen LogP contribution in [-0.2, 0) is 19.7 Å². The molecular formula is C24H22ClFN2O. The molecule has 0 aliphatic heterocycles. The van der Waals surface area contributed by atoms with E-state index < -0.39 is 0 Å². The standard InChI is InChI=1S/C24H21FN2O.ClH/c25-23-8-4-2-6-20(23)17-28-24-10-9-19-5-1-3-7-21(19)22(24)16-27-15-18-11-13-26-14-12-18;/h1-14,27H,15-17H2;1H. The first-order valence-electron chi connectivity index (χ1n) is 9.28. The van der Waals surface area contributed by atoms with Gasteiger partial charge in [-0.15, -0.1) is 12.4 Å². The topological polar surface area (TPSA) is 34.1 Å². The molecular weight excluding hydrogens is 387 g/mol. The van der Waals surface area contributed by atoms with Crippen LogP contribution in [0.1, 0.15) is 16.7 Å². The Hall–Kier alpha value is -2.95. The zero-order valence-corrected chi connectivity index (χ0v) is 16.7. The number of hydrogen-bond donors (Lipinski definition) is 1. The predicted octanol–water partition coefficient (Wildman–Crippen LogP) is 5.66. The van der Waals surface area contributed by atoms with Crippen LogP contribution < -0.4 is 10.1 Å². The number of rotatable bonds is 7. The molecule has 29 heavy (non-hydrogen) atoms. The van der Waals surface area contributed by atoms with Gasteiger partial charge in [0.2, 0.25) is 0 Å². The van der Waals surface area contributed by atoms with E-state index in [0.29, 0.717) is 12.1 Å². The van der Waals surface area contributed by atoms with E-state index >= 15 is 0 Å². The van der Waals surface area contributed by atoms with E-state index in [4.69, 9.17) is 4.74 Å². The molecule has 4 aromatic rings. The molecule has 3 nitrogen and oxygen atoms in total. The average Bonchev–Trinajstić information content (AvgIpc) is 2.74. The van der Waals surface area contributed by atoms with Gasteiger partial charge >= 0.3 is 0 Å². The second kappa shape index (κ2) is 10.0. The Bertz CT molecular complexity index is 1070. The molecule has 0 atom stereocenters. The molecule has 1 aromatic heterocycles. The van der Waals surface area contributed by atoms with Gasteiger partial charge in [-0.25, -0.2) is 4.39 Å². The SMILES string of the molecule is Cl.Fc1ccccc1COc1ccc2ccccc2c1CNCc1ccncc1. The number of nitrogens with zero attached hydrogens (tertiary/aromatic N) is 1. The van der Waals surface area contributed by atoms with Gasteiger partial charge in [0.25, 0.3) is 0 Å². The lowest BCUT2D eigenvalue weighted by Crippen LogP contribution is -2.14. The number of pyridine rings is 1. The summed E-state index contributed by atoms with van der Waals surface area (Å²) in [6.45, 7) is 1.58. The minimum absolute atomic E-state index is 0. The Morgan fingerprint density at radius 1 is 0.828 bits per heavy atom. The van der Waals surface area contributed by atoms with Crippen molar-refractivity contribution in [3.8, 4) is 5.75 Å². The average molecular weight is 409 g/mol.